The van der Waals surface area contributed by atoms with Crippen LogP contribution in [-0.2, 0) is 11.2 Å². The molecule has 2 unspecified atom stereocenters. The van der Waals surface area contributed by atoms with Crippen LogP contribution in [0.15, 0.2) is 24.3 Å². The number of nitrogens with one attached hydrogen (secondary N) is 2. The molecule has 1 aromatic rings. The van der Waals surface area contributed by atoms with Crippen molar-refractivity contribution in [3.05, 3.63) is 29.8 Å². The van der Waals surface area contributed by atoms with Crippen LogP contribution in [-0.4, -0.2) is 23.1 Å². The first-order valence-corrected chi connectivity index (χ1v) is 7.43. The highest BCUT2D eigenvalue weighted by Crippen LogP contribution is 2.23. The molecule has 0 aliphatic heterocycles. The third-order valence-corrected chi connectivity index (χ3v) is 4.00. The molecule has 1 aliphatic rings. The van der Waals surface area contributed by atoms with Crippen molar-refractivity contribution in [3.63, 3.8) is 0 Å². The van der Waals surface area contributed by atoms with Crippen molar-refractivity contribution in [2.24, 2.45) is 5.92 Å². The van der Waals surface area contributed by atoms with E-state index in [9.17, 15) is 9.59 Å². The van der Waals surface area contributed by atoms with Crippen LogP contribution < -0.4 is 10.6 Å². The van der Waals surface area contributed by atoms with Crippen LogP contribution in [0, 0.1) is 5.92 Å². The highest BCUT2D eigenvalue weighted by Gasteiger charge is 2.22. The van der Waals surface area contributed by atoms with E-state index in [4.69, 9.17) is 5.11 Å². The van der Waals surface area contributed by atoms with Crippen molar-refractivity contribution in [1.29, 1.82) is 0 Å². The van der Waals surface area contributed by atoms with E-state index in [-0.39, 0.29) is 18.5 Å². The normalized spacial score (nSPS) is 21.6. The number of hydrogen-bond acceptors (Lipinski definition) is 2. The minimum Gasteiger partial charge on any atom is -0.481 e. The summed E-state index contributed by atoms with van der Waals surface area (Å²) in [7, 11) is 0. The Kier molecular flexibility index (Phi) is 5.20. The number of anilines is 1. The first kappa shape index (κ1) is 15.4. The van der Waals surface area contributed by atoms with Crippen LogP contribution in [0.5, 0.6) is 0 Å². The van der Waals surface area contributed by atoms with Gasteiger partial charge in [0.1, 0.15) is 0 Å². The molecular weight excluding hydrogens is 268 g/mol. The van der Waals surface area contributed by atoms with Gasteiger partial charge in [-0.05, 0) is 36.5 Å². The van der Waals surface area contributed by atoms with Crippen LogP contribution in [0.1, 0.15) is 38.2 Å². The number of carboxylic acids is 1. The number of amides is 2. The van der Waals surface area contributed by atoms with E-state index in [0.717, 1.165) is 18.4 Å². The zero-order valence-corrected chi connectivity index (χ0v) is 12.3. The average Bonchev–Trinajstić information content (AvgIpc) is 2.43. The molecular formula is C16H22N2O3. The Labute approximate surface area is 124 Å². The molecule has 2 amide bonds. The highest BCUT2D eigenvalue weighted by atomic mass is 16.4. The third-order valence-electron chi connectivity index (χ3n) is 4.00. The van der Waals surface area contributed by atoms with Crippen LogP contribution in [0.25, 0.3) is 0 Å². The average molecular weight is 290 g/mol. The molecule has 2 rings (SSSR count). The van der Waals surface area contributed by atoms with E-state index in [0.29, 0.717) is 11.6 Å². The van der Waals surface area contributed by atoms with Crippen LogP contribution in [0.3, 0.4) is 0 Å². The Balaban J connectivity index is 1.85. The Morgan fingerprint density at radius 3 is 2.48 bits per heavy atom. The lowest BCUT2D eigenvalue weighted by Crippen LogP contribution is -2.43. The van der Waals surface area contributed by atoms with Crippen LogP contribution in [0.2, 0.25) is 0 Å². The summed E-state index contributed by atoms with van der Waals surface area (Å²) in [6, 6.07) is 6.93. The smallest absolute Gasteiger partial charge is 0.319 e. The Morgan fingerprint density at radius 2 is 1.86 bits per heavy atom. The third kappa shape index (κ3) is 4.77. The molecule has 21 heavy (non-hydrogen) atoms. The summed E-state index contributed by atoms with van der Waals surface area (Å²) >= 11 is 0. The second kappa shape index (κ2) is 7.11. The molecule has 0 saturated heterocycles. The summed E-state index contributed by atoms with van der Waals surface area (Å²) < 4.78 is 0. The first-order chi connectivity index (χ1) is 10.0. The molecule has 1 aliphatic carbocycles. The number of benzene rings is 1. The van der Waals surface area contributed by atoms with E-state index in [1.54, 1.807) is 24.3 Å². The summed E-state index contributed by atoms with van der Waals surface area (Å²) in [5.74, 6) is -0.345. The number of hydrogen-bond donors (Lipinski definition) is 3. The van der Waals surface area contributed by atoms with Gasteiger partial charge < -0.3 is 15.7 Å². The maximum Gasteiger partial charge on any atom is 0.319 e. The first-order valence-electron chi connectivity index (χ1n) is 7.43. The molecule has 0 aromatic heterocycles. The molecule has 114 valence electrons. The Bertz CT molecular complexity index is 499. The number of carboxylic acid groups (broad SMARTS) is 1. The van der Waals surface area contributed by atoms with E-state index in [1.165, 1.54) is 12.8 Å². The van der Waals surface area contributed by atoms with Crippen LogP contribution >= 0.6 is 0 Å². The summed E-state index contributed by atoms with van der Waals surface area (Å²) in [6.07, 6.45) is 4.60. The SMILES string of the molecule is CC1CCCCC1NC(=O)Nc1ccc(CC(=O)O)cc1. The number of urea groups is 1. The topological polar surface area (TPSA) is 78.4 Å². The number of aliphatic carboxylic acids is 1. The van der Waals surface area contributed by atoms with Gasteiger partial charge in [-0.1, -0.05) is 31.9 Å². The lowest BCUT2D eigenvalue weighted by atomic mass is 9.86. The van der Waals surface area contributed by atoms with Crippen molar-refractivity contribution < 1.29 is 14.7 Å². The molecule has 0 spiro atoms. The summed E-state index contributed by atoms with van der Waals surface area (Å²) in [4.78, 5) is 22.6. The zero-order chi connectivity index (χ0) is 15.2. The van der Waals surface area contributed by atoms with Gasteiger partial charge in [0.05, 0.1) is 6.42 Å². The van der Waals surface area contributed by atoms with Gasteiger partial charge in [0.25, 0.3) is 0 Å². The fourth-order valence-corrected chi connectivity index (χ4v) is 2.75. The van der Waals surface area contributed by atoms with E-state index in [2.05, 4.69) is 17.6 Å². The van der Waals surface area contributed by atoms with E-state index >= 15 is 0 Å². The largest absolute Gasteiger partial charge is 0.481 e. The van der Waals surface area contributed by atoms with Crippen molar-refractivity contribution >= 4 is 17.7 Å². The van der Waals surface area contributed by atoms with Gasteiger partial charge in [0, 0.05) is 11.7 Å². The number of carbonyl (C=O) groups excluding carboxylic acids is 1. The summed E-state index contributed by atoms with van der Waals surface area (Å²) in [5.41, 5.74) is 1.39. The molecule has 5 heteroatoms. The summed E-state index contributed by atoms with van der Waals surface area (Å²) in [6.45, 7) is 2.17. The standard InChI is InChI=1S/C16H22N2O3/c1-11-4-2-3-5-14(11)18-16(21)17-13-8-6-12(7-9-13)10-15(19)20/h6-9,11,14H,2-5,10H2,1H3,(H,19,20)(H2,17,18,21). The molecule has 1 fully saturated rings. The van der Waals surface area contributed by atoms with E-state index < -0.39 is 5.97 Å². The lowest BCUT2D eigenvalue weighted by molar-refractivity contribution is -0.136. The molecule has 0 heterocycles. The monoisotopic (exact) mass is 290 g/mol. The molecule has 1 aromatic carbocycles. The van der Waals surface area contributed by atoms with Gasteiger partial charge in [-0.25, -0.2) is 4.79 Å². The fourth-order valence-electron chi connectivity index (χ4n) is 2.75. The molecule has 3 N–H and O–H groups in total. The predicted octanol–water partition coefficient (Wildman–Crippen LogP) is 3.01. The maximum absolute atomic E-state index is 12.0. The second-order valence-corrected chi connectivity index (χ2v) is 5.73. The minimum atomic E-state index is -0.861. The van der Waals surface area contributed by atoms with Crippen molar-refractivity contribution in [1.82, 2.24) is 5.32 Å². The number of carbonyl (C=O) groups is 2. The van der Waals surface area contributed by atoms with Gasteiger partial charge in [-0.15, -0.1) is 0 Å². The quantitative estimate of drug-likeness (QED) is 0.797. The Hall–Kier alpha value is -2.04. The maximum atomic E-state index is 12.0. The van der Waals surface area contributed by atoms with Gasteiger partial charge in [0.15, 0.2) is 0 Å². The molecule has 2 atom stereocenters. The second-order valence-electron chi connectivity index (χ2n) is 5.73. The minimum absolute atomic E-state index is 0.00787. The van der Waals surface area contributed by atoms with E-state index in [1.807, 2.05) is 0 Å². The molecule has 0 radical (unpaired) electrons. The highest BCUT2D eigenvalue weighted by molar-refractivity contribution is 5.89. The predicted molar refractivity (Wildman–Crippen MR) is 81.4 cm³/mol. The number of rotatable bonds is 4. The zero-order valence-electron chi connectivity index (χ0n) is 12.3. The Morgan fingerprint density at radius 1 is 1.19 bits per heavy atom. The van der Waals surface area contributed by atoms with Crippen LogP contribution in [0.4, 0.5) is 10.5 Å². The summed E-state index contributed by atoms with van der Waals surface area (Å²) in [5, 5.41) is 14.5. The lowest BCUT2D eigenvalue weighted by Gasteiger charge is -2.29. The van der Waals surface area contributed by atoms with Gasteiger partial charge in [-0.2, -0.15) is 0 Å². The molecule has 0 bridgehead atoms. The van der Waals surface area contributed by atoms with Gasteiger partial charge >= 0.3 is 12.0 Å². The molecule has 5 nitrogen and oxygen atoms in total. The molecule has 1 saturated carbocycles. The van der Waals surface area contributed by atoms with Gasteiger partial charge in [-0.3, -0.25) is 4.79 Å². The van der Waals surface area contributed by atoms with Gasteiger partial charge in [0.2, 0.25) is 0 Å². The van der Waals surface area contributed by atoms with Crippen molar-refractivity contribution in [3.8, 4) is 0 Å². The van der Waals surface area contributed by atoms with Crippen molar-refractivity contribution in [2.45, 2.75) is 45.1 Å². The van der Waals surface area contributed by atoms with Crippen molar-refractivity contribution in [2.75, 3.05) is 5.32 Å². The fraction of sp³-hybridized carbons (Fsp3) is 0.500.